The molecule has 2 fully saturated rings. The summed E-state index contributed by atoms with van der Waals surface area (Å²) < 4.78 is 41.1. The van der Waals surface area contributed by atoms with Crippen LogP contribution in [0.4, 0.5) is 10.1 Å². The van der Waals surface area contributed by atoms with Crippen LogP contribution < -0.4 is 10.2 Å². The minimum Gasteiger partial charge on any atom is -0.352 e. The van der Waals surface area contributed by atoms with E-state index in [2.05, 4.69) is 5.32 Å². The molecule has 0 aromatic heterocycles. The minimum absolute atomic E-state index is 0.0280. The summed E-state index contributed by atoms with van der Waals surface area (Å²) in [5.41, 5.74) is 2.52. The van der Waals surface area contributed by atoms with Gasteiger partial charge in [-0.25, -0.2) is 12.8 Å². The highest BCUT2D eigenvalue weighted by Crippen LogP contribution is 2.40. The summed E-state index contributed by atoms with van der Waals surface area (Å²) in [6.07, 6.45) is 3.40. The van der Waals surface area contributed by atoms with Gasteiger partial charge in [0.05, 0.1) is 4.90 Å². The number of nitrogens with zero attached hydrogens (tertiary/aromatic N) is 2. The summed E-state index contributed by atoms with van der Waals surface area (Å²) in [7, 11) is -3.69. The van der Waals surface area contributed by atoms with Crippen LogP contribution in [-0.2, 0) is 32.6 Å². The zero-order valence-corrected chi connectivity index (χ0v) is 20.6. The molecule has 186 valence electrons. The van der Waals surface area contributed by atoms with Crippen LogP contribution in [0.5, 0.6) is 0 Å². The number of rotatable bonds is 6. The number of nitrogens with one attached hydrogen (secondary N) is 1. The summed E-state index contributed by atoms with van der Waals surface area (Å²) in [6.45, 7) is 2.86. The van der Waals surface area contributed by atoms with E-state index < -0.39 is 10.0 Å². The predicted molar refractivity (Wildman–Crippen MR) is 130 cm³/mol. The average molecular weight is 500 g/mol. The molecule has 0 spiro atoms. The molecule has 2 aliphatic heterocycles. The molecule has 1 saturated heterocycles. The fourth-order valence-electron chi connectivity index (χ4n) is 5.07. The van der Waals surface area contributed by atoms with Crippen molar-refractivity contribution in [3.8, 4) is 0 Å². The number of fused-ring (bicyclic) bond motifs is 1. The molecule has 9 heteroatoms. The molecule has 1 atom stereocenters. The standard InChI is InChI=1S/C26H30FN3O4S/c1-17-14-21-15-23(8-9-24(21)30(17)26(32)20-4-5-20)35(33,34)29-12-10-19(11-13-29)25(31)28-16-18-2-6-22(27)7-3-18/h2-3,6-9,15,17,19-20H,4-5,10-14,16H2,1H3,(H,28,31). The summed E-state index contributed by atoms with van der Waals surface area (Å²) >= 11 is 0. The van der Waals surface area contributed by atoms with Crippen molar-refractivity contribution in [1.82, 2.24) is 9.62 Å². The summed E-state index contributed by atoms with van der Waals surface area (Å²) in [4.78, 5) is 27.3. The van der Waals surface area contributed by atoms with Crippen molar-refractivity contribution in [3.05, 3.63) is 59.4 Å². The number of anilines is 1. The third kappa shape index (κ3) is 4.84. The monoisotopic (exact) mass is 499 g/mol. The lowest BCUT2D eigenvalue weighted by Crippen LogP contribution is -2.42. The third-order valence-corrected chi connectivity index (χ3v) is 9.17. The maximum Gasteiger partial charge on any atom is 0.243 e. The highest BCUT2D eigenvalue weighted by molar-refractivity contribution is 7.89. The molecule has 2 heterocycles. The number of hydrogen-bond donors (Lipinski definition) is 1. The molecule has 5 rings (SSSR count). The molecular formula is C26H30FN3O4S. The molecule has 1 unspecified atom stereocenters. The van der Waals surface area contributed by atoms with E-state index in [1.165, 1.54) is 16.4 Å². The van der Waals surface area contributed by atoms with Crippen LogP contribution in [0.3, 0.4) is 0 Å². The van der Waals surface area contributed by atoms with E-state index in [4.69, 9.17) is 0 Å². The molecule has 3 aliphatic rings. The van der Waals surface area contributed by atoms with Crippen molar-refractivity contribution >= 4 is 27.5 Å². The van der Waals surface area contributed by atoms with Gasteiger partial charge in [-0.05, 0) is 80.5 Å². The largest absolute Gasteiger partial charge is 0.352 e. The van der Waals surface area contributed by atoms with Crippen molar-refractivity contribution in [3.63, 3.8) is 0 Å². The number of hydrogen-bond acceptors (Lipinski definition) is 4. The van der Waals surface area contributed by atoms with Crippen LogP contribution >= 0.6 is 0 Å². The molecular weight excluding hydrogens is 469 g/mol. The van der Waals surface area contributed by atoms with E-state index in [9.17, 15) is 22.4 Å². The van der Waals surface area contributed by atoms with Gasteiger partial charge in [-0.15, -0.1) is 0 Å². The van der Waals surface area contributed by atoms with Crippen LogP contribution in [0.1, 0.15) is 43.7 Å². The number of amides is 2. The topological polar surface area (TPSA) is 86.8 Å². The Labute approximate surface area is 205 Å². The van der Waals surface area contributed by atoms with Crippen LogP contribution in [0.2, 0.25) is 0 Å². The lowest BCUT2D eigenvalue weighted by molar-refractivity contribution is -0.126. The Morgan fingerprint density at radius 3 is 2.34 bits per heavy atom. The normalized spacial score (nSPS) is 21.1. The second-order valence-electron chi connectivity index (χ2n) is 9.85. The maximum absolute atomic E-state index is 13.3. The van der Waals surface area contributed by atoms with E-state index in [0.29, 0.717) is 25.8 Å². The van der Waals surface area contributed by atoms with Crippen molar-refractivity contribution in [2.24, 2.45) is 11.8 Å². The summed E-state index contributed by atoms with van der Waals surface area (Å²) in [5, 5.41) is 2.87. The first-order valence-electron chi connectivity index (χ1n) is 12.2. The van der Waals surface area contributed by atoms with E-state index in [0.717, 1.165) is 29.7 Å². The van der Waals surface area contributed by atoms with Crippen LogP contribution in [0.15, 0.2) is 47.4 Å². The molecule has 2 aromatic carbocycles. The zero-order valence-electron chi connectivity index (χ0n) is 19.7. The summed E-state index contributed by atoms with van der Waals surface area (Å²) in [5.74, 6) is -0.439. The predicted octanol–water partition coefficient (Wildman–Crippen LogP) is 3.23. The van der Waals surface area contributed by atoms with Crippen molar-refractivity contribution in [1.29, 1.82) is 0 Å². The van der Waals surface area contributed by atoms with Gasteiger partial charge in [0, 0.05) is 43.2 Å². The molecule has 7 nitrogen and oxygen atoms in total. The van der Waals surface area contributed by atoms with Gasteiger partial charge in [0.2, 0.25) is 21.8 Å². The van der Waals surface area contributed by atoms with Gasteiger partial charge in [-0.3, -0.25) is 9.59 Å². The Bertz CT molecular complexity index is 1240. The average Bonchev–Trinajstić information content (AvgIpc) is 3.65. The number of halogens is 1. The Kier molecular flexibility index (Phi) is 6.40. The van der Waals surface area contributed by atoms with Gasteiger partial charge in [0.15, 0.2) is 0 Å². The molecule has 1 aliphatic carbocycles. The van der Waals surface area contributed by atoms with Gasteiger partial charge in [-0.2, -0.15) is 4.31 Å². The van der Waals surface area contributed by atoms with Gasteiger partial charge in [0.1, 0.15) is 5.82 Å². The molecule has 1 saturated carbocycles. The fourth-order valence-corrected chi connectivity index (χ4v) is 6.59. The van der Waals surface area contributed by atoms with Crippen LogP contribution in [0, 0.1) is 17.7 Å². The van der Waals surface area contributed by atoms with E-state index >= 15 is 0 Å². The Hall–Kier alpha value is -2.78. The smallest absolute Gasteiger partial charge is 0.243 e. The fraction of sp³-hybridized carbons (Fsp3) is 0.462. The van der Waals surface area contributed by atoms with Gasteiger partial charge >= 0.3 is 0 Å². The van der Waals surface area contributed by atoms with E-state index in [1.807, 2.05) is 11.8 Å². The minimum atomic E-state index is -3.69. The van der Waals surface area contributed by atoms with Crippen molar-refractivity contribution in [2.75, 3.05) is 18.0 Å². The third-order valence-electron chi connectivity index (χ3n) is 7.27. The summed E-state index contributed by atoms with van der Waals surface area (Å²) in [6, 6.07) is 11.1. The highest BCUT2D eigenvalue weighted by Gasteiger charge is 2.40. The highest BCUT2D eigenvalue weighted by atomic mass is 32.2. The lowest BCUT2D eigenvalue weighted by atomic mass is 9.97. The molecule has 2 amide bonds. The van der Waals surface area contributed by atoms with Gasteiger partial charge in [-0.1, -0.05) is 12.1 Å². The zero-order chi connectivity index (χ0) is 24.7. The van der Waals surface area contributed by atoms with Crippen molar-refractivity contribution in [2.45, 2.75) is 56.5 Å². The first-order chi connectivity index (χ1) is 16.7. The maximum atomic E-state index is 13.3. The SMILES string of the molecule is CC1Cc2cc(S(=O)(=O)N3CCC(C(=O)NCc4ccc(F)cc4)CC3)ccc2N1C(=O)C1CC1. The number of carbonyl (C=O) groups excluding carboxylic acids is 2. The van der Waals surface area contributed by atoms with Crippen LogP contribution in [0.25, 0.3) is 0 Å². The lowest BCUT2D eigenvalue weighted by Gasteiger charge is -2.30. The van der Waals surface area contributed by atoms with Gasteiger partial charge in [0.25, 0.3) is 0 Å². The van der Waals surface area contributed by atoms with Crippen molar-refractivity contribution < 1.29 is 22.4 Å². The first-order valence-corrected chi connectivity index (χ1v) is 13.7. The van der Waals surface area contributed by atoms with Gasteiger partial charge < -0.3 is 10.2 Å². The number of piperidine rings is 1. The number of carbonyl (C=O) groups is 2. The molecule has 35 heavy (non-hydrogen) atoms. The quantitative estimate of drug-likeness (QED) is 0.661. The molecule has 0 bridgehead atoms. The van der Waals surface area contributed by atoms with E-state index in [-0.39, 0.29) is 53.5 Å². The second kappa shape index (κ2) is 9.35. The van der Waals surface area contributed by atoms with E-state index in [1.54, 1.807) is 30.3 Å². The second-order valence-corrected chi connectivity index (χ2v) is 11.8. The Morgan fingerprint density at radius 1 is 1.00 bits per heavy atom. The molecule has 2 aromatic rings. The number of benzene rings is 2. The Balaban J connectivity index is 1.20. The first kappa shape index (κ1) is 23.9. The molecule has 1 N–H and O–H groups in total. The molecule has 0 radical (unpaired) electrons. The Morgan fingerprint density at radius 2 is 1.69 bits per heavy atom. The number of sulfonamides is 1. The van der Waals surface area contributed by atoms with Crippen LogP contribution in [-0.4, -0.2) is 43.7 Å².